The van der Waals surface area contributed by atoms with Gasteiger partial charge in [-0.1, -0.05) is 53.5 Å². The van der Waals surface area contributed by atoms with Gasteiger partial charge in [0, 0.05) is 30.1 Å². The van der Waals surface area contributed by atoms with Gasteiger partial charge in [-0.05, 0) is 53.9 Å². The number of rotatable bonds is 11. The average molecular weight is 513 g/mol. The minimum Gasteiger partial charge on any atom is -0.490 e. The van der Waals surface area contributed by atoms with Crippen LogP contribution >= 0.6 is 23.2 Å². The highest BCUT2D eigenvalue weighted by atomic mass is 35.5. The number of nitrogens with one attached hydrogen (secondary N) is 2. The molecule has 3 N–H and O–H groups in total. The van der Waals surface area contributed by atoms with Crippen molar-refractivity contribution in [2.45, 2.75) is 32.5 Å². The van der Waals surface area contributed by atoms with Crippen molar-refractivity contribution in [3.05, 3.63) is 93.6 Å². The molecule has 0 saturated carbocycles. The number of aromatic amines is 1. The molecule has 182 valence electrons. The third-order valence-electron chi connectivity index (χ3n) is 5.64. The van der Waals surface area contributed by atoms with E-state index in [-0.39, 0.29) is 0 Å². The summed E-state index contributed by atoms with van der Waals surface area (Å²) in [5, 5.41) is 14.9. The van der Waals surface area contributed by atoms with Gasteiger partial charge in [0.15, 0.2) is 11.5 Å². The zero-order valence-electron chi connectivity index (χ0n) is 19.2. The second-order valence-corrected chi connectivity index (χ2v) is 8.90. The van der Waals surface area contributed by atoms with Crippen LogP contribution in [0.1, 0.15) is 23.6 Å². The van der Waals surface area contributed by atoms with Gasteiger partial charge in [-0.15, -0.1) is 0 Å². The predicted molar refractivity (Wildman–Crippen MR) is 139 cm³/mol. The van der Waals surface area contributed by atoms with Crippen molar-refractivity contribution >= 4 is 40.1 Å². The van der Waals surface area contributed by atoms with E-state index in [9.17, 15) is 9.90 Å². The van der Waals surface area contributed by atoms with Crippen molar-refractivity contribution in [1.82, 2.24) is 10.3 Å². The third kappa shape index (κ3) is 6.28. The van der Waals surface area contributed by atoms with Crippen molar-refractivity contribution in [2.75, 3.05) is 6.61 Å². The Morgan fingerprint density at radius 3 is 2.57 bits per heavy atom. The number of H-pyrrole nitrogens is 1. The Kier molecular flexibility index (Phi) is 8.18. The summed E-state index contributed by atoms with van der Waals surface area (Å²) < 4.78 is 11.7. The number of aromatic nitrogens is 1. The van der Waals surface area contributed by atoms with Gasteiger partial charge in [0.1, 0.15) is 12.6 Å². The van der Waals surface area contributed by atoms with Gasteiger partial charge in [-0.25, -0.2) is 0 Å². The number of carboxylic acids is 1. The molecule has 1 heterocycles. The lowest BCUT2D eigenvalue weighted by Crippen LogP contribution is -2.38. The van der Waals surface area contributed by atoms with E-state index in [0.29, 0.717) is 47.7 Å². The molecule has 0 bridgehead atoms. The van der Waals surface area contributed by atoms with Crippen LogP contribution in [0, 0.1) is 0 Å². The number of ether oxygens (including phenoxy) is 2. The van der Waals surface area contributed by atoms with Crippen LogP contribution in [0.5, 0.6) is 11.5 Å². The van der Waals surface area contributed by atoms with E-state index in [1.165, 1.54) is 0 Å². The second kappa shape index (κ2) is 11.5. The average Bonchev–Trinajstić information content (AvgIpc) is 3.26. The summed E-state index contributed by atoms with van der Waals surface area (Å²) in [5.74, 6) is 0.285. The largest absolute Gasteiger partial charge is 0.490 e. The monoisotopic (exact) mass is 512 g/mol. The highest BCUT2D eigenvalue weighted by Crippen LogP contribution is 2.30. The molecule has 1 aromatic heterocycles. The number of para-hydroxylation sites is 1. The molecule has 4 rings (SSSR count). The number of hydrogen-bond donors (Lipinski definition) is 3. The Bertz CT molecular complexity index is 1320. The number of halogens is 2. The number of carbonyl (C=O) groups is 1. The molecular formula is C27H26Cl2N2O4. The topological polar surface area (TPSA) is 83.6 Å². The fourth-order valence-corrected chi connectivity index (χ4v) is 4.17. The molecule has 1 atom stereocenters. The summed E-state index contributed by atoms with van der Waals surface area (Å²) in [5.41, 5.74) is 3.72. The van der Waals surface area contributed by atoms with Gasteiger partial charge in [0.25, 0.3) is 0 Å². The van der Waals surface area contributed by atoms with Crippen LogP contribution in [0.3, 0.4) is 0 Å². The molecule has 0 aliphatic rings. The number of fused-ring (bicyclic) bond motifs is 1. The number of aliphatic carboxylic acids is 1. The van der Waals surface area contributed by atoms with Crippen LogP contribution in [0.15, 0.2) is 66.9 Å². The zero-order valence-corrected chi connectivity index (χ0v) is 20.7. The van der Waals surface area contributed by atoms with Crippen molar-refractivity contribution in [3.8, 4) is 11.5 Å². The summed E-state index contributed by atoms with van der Waals surface area (Å²) in [4.78, 5) is 15.1. The van der Waals surface area contributed by atoms with Gasteiger partial charge in [-0.2, -0.15) is 0 Å². The first-order valence-electron chi connectivity index (χ1n) is 11.3. The van der Waals surface area contributed by atoms with Crippen LogP contribution in [0.25, 0.3) is 10.9 Å². The van der Waals surface area contributed by atoms with Crippen LogP contribution in [0.2, 0.25) is 10.0 Å². The Morgan fingerprint density at radius 1 is 1.00 bits per heavy atom. The number of carboxylic acid groups (broad SMARTS) is 1. The maximum atomic E-state index is 11.9. The van der Waals surface area contributed by atoms with E-state index >= 15 is 0 Å². The highest BCUT2D eigenvalue weighted by Gasteiger charge is 2.19. The Morgan fingerprint density at radius 2 is 1.80 bits per heavy atom. The molecule has 8 heteroatoms. The van der Waals surface area contributed by atoms with Crippen molar-refractivity contribution < 1.29 is 19.4 Å². The van der Waals surface area contributed by atoms with Crippen LogP contribution in [-0.2, 0) is 24.4 Å². The molecule has 0 aliphatic heterocycles. The van der Waals surface area contributed by atoms with Crippen LogP contribution < -0.4 is 14.8 Å². The molecule has 0 saturated heterocycles. The van der Waals surface area contributed by atoms with Crippen molar-refractivity contribution in [3.63, 3.8) is 0 Å². The van der Waals surface area contributed by atoms with E-state index in [2.05, 4.69) is 10.3 Å². The van der Waals surface area contributed by atoms with Crippen molar-refractivity contribution in [2.24, 2.45) is 0 Å². The zero-order chi connectivity index (χ0) is 24.8. The van der Waals surface area contributed by atoms with E-state index < -0.39 is 12.0 Å². The summed E-state index contributed by atoms with van der Waals surface area (Å²) in [7, 11) is 0. The summed E-state index contributed by atoms with van der Waals surface area (Å²) in [6, 6.07) is 18.1. The van der Waals surface area contributed by atoms with E-state index in [1.807, 2.05) is 61.7 Å². The molecule has 35 heavy (non-hydrogen) atoms. The highest BCUT2D eigenvalue weighted by molar-refractivity contribution is 6.42. The minimum atomic E-state index is -0.901. The lowest BCUT2D eigenvalue weighted by Gasteiger charge is -2.16. The summed E-state index contributed by atoms with van der Waals surface area (Å²) in [6.07, 6.45) is 2.23. The molecule has 0 spiro atoms. The molecule has 0 fully saturated rings. The lowest BCUT2D eigenvalue weighted by molar-refractivity contribution is -0.139. The molecule has 6 nitrogen and oxygen atoms in total. The van der Waals surface area contributed by atoms with Crippen molar-refractivity contribution in [1.29, 1.82) is 0 Å². The minimum absolute atomic E-state index is 0.306. The second-order valence-electron chi connectivity index (χ2n) is 8.09. The fourth-order valence-electron chi connectivity index (χ4n) is 3.85. The number of hydrogen-bond acceptors (Lipinski definition) is 4. The van der Waals surface area contributed by atoms with E-state index in [1.54, 1.807) is 12.1 Å². The number of benzene rings is 3. The first kappa shape index (κ1) is 24.9. The Balaban J connectivity index is 1.43. The quantitative estimate of drug-likeness (QED) is 0.221. The molecule has 0 aliphatic carbocycles. The Labute approximate surface area is 213 Å². The smallest absolute Gasteiger partial charge is 0.321 e. The maximum absolute atomic E-state index is 11.9. The summed E-state index contributed by atoms with van der Waals surface area (Å²) >= 11 is 12.1. The molecule has 0 amide bonds. The van der Waals surface area contributed by atoms with Gasteiger partial charge in [-0.3, -0.25) is 4.79 Å². The van der Waals surface area contributed by atoms with Crippen LogP contribution in [-0.4, -0.2) is 28.7 Å². The van der Waals surface area contributed by atoms with Gasteiger partial charge in [0.2, 0.25) is 0 Å². The van der Waals surface area contributed by atoms with Crippen LogP contribution in [0.4, 0.5) is 0 Å². The predicted octanol–water partition coefficient (Wildman–Crippen LogP) is 6.24. The van der Waals surface area contributed by atoms with Gasteiger partial charge in [0.05, 0.1) is 16.7 Å². The third-order valence-corrected chi connectivity index (χ3v) is 6.37. The molecule has 4 aromatic rings. The SMILES string of the molecule is CCOc1cc(CN[C@H](Cc2c[nH]c3ccccc23)C(=O)O)ccc1OCc1ccc(Cl)c(Cl)c1. The fraction of sp³-hybridized carbons (Fsp3) is 0.222. The first-order valence-corrected chi connectivity index (χ1v) is 12.0. The Hall–Kier alpha value is -3.19. The first-order chi connectivity index (χ1) is 16.9. The standard InChI is InChI=1S/C27H26Cl2N2O4/c1-2-34-26-12-17(8-10-25(26)35-16-18-7-9-21(28)22(29)11-18)14-30-24(27(32)33)13-19-15-31-23-6-4-3-5-20(19)23/h3-12,15,24,30-31H,2,13-14,16H2,1H3,(H,32,33)/t24-/m1/s1. The lowest BCUT2D eigenvalue weighted by atomic mass is 10.0. The molecule has 0 radical (unpaired) electrons. The normalized spacial score (nSPS) is 12.0. The van der Waals surface area contributed by atoms with E-state index in [0.717, 1.165) is 27.6 Å². The molecule has 0 unspecified atom stereocenters. The maximum Gasteiger partial charge on any atom is 0.321 e. The van der Waals surface area contributed by atoms with Gasteiger partial charge >= 0.3 is 5.97 Å². The summed E-state index contributed by atoms with van der Waals surface area (Å²) in [6.45, 7) is 3.04. The van der Waals surface area contributed by atoms with E-state index in [4.69, 9.17) is 32.7 Å². The van der Waals surface area contributed by atoms with Gasteiger partial charge < -0.3 is 24.9 Å². The molecular weight excluding hydrogens is 487 g/mol. The molecule has 3 aromatic carbocycles.